The second-order valence-corrected chi connectivity index (χ2v) is 5.42. The van der Waals surface area contributed by atoms with Crippen molar-refractivity contribution in [2.75, 3.05) is 17.6 Å². The van der Waals surface area contributed by atoms with Crippen LogP contribution in [0.2, 0.25) is 0 Å². The summed E-state index contributed by atoms with van der Waals surface area (Å²) in [6, 6.07) is 1.01. The maximum atomic E-state index is 10.9. The molecule has 0 saturated heterocycles. The molecule has 0 bridgehead atoms. The van der Waals surface area contributed by atoms with E-state index in [4.69, 9.17) is 4.55 Å². The van der Waals surface area contributed by atoms with Gasteiger partial charge < -0.3 is 5.32 Å². The lowest BCUT2D eigenvalue weighted by molar-refractivity contribution is -0.401. The van der Waals surface area contributed by atoms with Gasteiger partial charge in [0.1, 0.15) is 0 Å². The van der Waals surface area contributed by atoms with E-state index >= 15 is 0 Å². The van der Waals surface area contributed by atoms with Gasteiger partial charge in [0.2, 0.25) is 0 Å². The zero-order chi connectivity index (χ0) is 17.1. The minimum atomic E-state index is -4.39. The summed E-state index contributed by atoms with van der Waals surface area (Å²) >= 11 is 0. The van der Waals surface area contributed by atoms with E-state index in [1.165, 1.54) is 0 Å². The summed E-state index contributed by atoms with van der Waals surface area (Å²) in [5, 5.41) is 34.5. The summed E-state index contributed by atoms with van der Waals surface area (Å²) in [6.45, 7) is -0.571. The largest absolute Gasteiger partial charge is 0.373 e. The van der Waals surface area contributed by atoms with Gasteiger partial charge in [0, 0.05) is 6.54 Å². The Morgan fingerprint density at radius 3 is 1.77 bits per heavy atom. The van der Waals surface area contributed by atoms with Gasteiger partial charge in [-0.15, -0.1) is 0 Å². The van der Waals surface area contributed by atoms with Crippen molar-refractivity contribution >= 4 is 32.9 Å². The van der Waals surface area contributed by atoms with Crippen LogP contribution in [-0.4, -0.2) is 40.0 Å². The molecule has 0 spiro atoms. The second kappa shape index (κ2) is 6.27. The van der Waals surface area contributed by atoms with Gasteiger partial charge in [-0.3, -0.25) is 34.9 Å². The van der Waals surface area contributed by atoms with Crippen LogP contribution in [0.5, 0.6) is 0 Å². The van der Waals surface area contributed by atoms with Crippen LogP contribution in [0.3, 0.4) is 0 Å². The normalized spacial score (nSPS) is 11.0. The van der Waals surface area contributed by atoms with Crippen LogP contribution in [0.15, 0.2) is 12.1 Å². The average Bonchev–Trinajstić information content (AvgIpc) is 2.36. The molecule has 2 N–H and O–H groups in total. The number of nitro benzene ring substituents is 3. The predicted molar refractivity (Wildman–Crippen MR) is 71.3 cm³/mol. The first-order chi connectivity index (χ1) is 10.0. The number of hydrogen-bond donors (Lipinski definition) is 2. The molecule has 0 aromatic heterocycles. The smallest absolute Gasteiger partial charge is 0.306 e. The van der Waals surface area contributed by atoms with Crippen molar-refractivity contribution in [1.82, 2.24) is 0 Å². The molecule has 0 saturated carbocycles. The first kappa shape index (κ1) is 17.2. The van der Waals surface area contributed by atoms with E-state index in [2.05, 4.69) is 5.32 Å². The minimum absolute atomic E-state index is 0.503. The van der Waals surface area contributed by atoms with Gasteiger partial charge in [0.05, 0.1) is 32.7 Å². The molecule has 0 aliphatic carbocycles. The molecule has 13 nitrogen and oxygen atoms in total. The van der Waals surface area contributed by atoms with Crippen molar-refractivity contribution in [2.45, 2.75) is 0 Å². The van der Waals surface area contributed by atoms with Crippen molar-refractivity contribution < 1.29 is 27.7 Å². The van der Waals surface area contributed by atoms with Crippen LogP contribution in [0.4, 0.5) is 22.7 Å². The number of nitrogens with zero attached hydrogens (tertiary/aromatic N) is 3. The molecule has 22 heavy (non-hydrogen) atoms. The molecule has 120 valence electrons. The molecule has 0 heterocycles. The lowest BCUT2D eigenvalue weighted by atomic mass is 10.2. The summed E-state index contributed by atoms with van der Waals surface area (Å²) in [5.41, 5.74) is -3.48. The lowest BCUT2D eigenvalue weighted by Gasteiger charge is -2.06. The number of anilines is 1. The van der Waals surface area contributed by atoms with Gasteiger partial charge >= 0.3 is 11.4 Å². The number of rotatable bonds is 7. The van der Waals surface area contributed by atoms with Crippen LogP contribution in [0.25, 0.3) is 0 Å². The summed E-state index contributed by atoms with van der Waals surface area (Å²) in [7, 11) is -4.39. The molecule has 1 aromatic carbocycles. The topological polar surface area (TPSA) is 196 Å². The van der Waals surface area contributed by atoms with Crippen molar-refractivity contribution in [3.05, 3.63) is 42.5 Å². The van der Waals surface area contributed by atoms with Gasteiger partial charge in [-0.1, -0.05) is 0 Å². The number of benzene rings is 1. The van der Waals surface area contributed by atoms with Crippen molar-refractivity contribution in [2.24, 2.45) is 0 Å². The first-order valence-electron chi connectivity index (χ1n) is 5.33. The van der Waals surface area contributed by atoms with Crippen molar-refractivity contribution in [1.29, 1.82) is 0 Å². The van der Waals surface area contributed by atoms with E-state index in [-0.39, 0.29) is 0 Å². The standard InChI is InChI=1S/C8H8N4O9S/c13-10(14)5-3-6(11(15)16)8(7(4-5)12(17)18)9-1-2-22(19,20)21/h3-4,9H,1-2H2,(H,19,20,21). The third kappa shape index (κ3) is 4.32. The van der Waals surface area contributed by atoms with Crippen LogP contribution >= 0.6 is 0 Å². The van der Waals surface area contributed by atoms with E-state index in [9.17, 15) is 38.8 Å². The molecule has 0 unspecified atom stereocenters. The number of nitro groups is 3. The summed E-state index contributed by atoms with van der Waals surface area (Å²) in [6.07, 6.45) is 0. The van der Waals surface area contributed by atoms with Crippen LogP contribution < -0.4 is 5.32 Å². The molecular weight excluding hydrogens is 328 g/mol. The molecule has 1 aromatic rings. The number of hydrogen-bond acceptors (Lipinski definition) is 9. The third-order valence-corrected chi connectivity index (χ3v) is 3.07. The van der Waals surface area contributed by atoms with Crippen LogP contribution in [0, 0.1) is 30.3 Å². The highest BCUT2D eigenvalue weighted by Crippen LogP contribution is 2.38. The van der Waals surface area contributed by atoms with E-state index < -0.39 is 59.9 Å². The van der Waals surface area contributed by atoms with E-state index in [1.54, 1.807) is 0 Å². The van der Waals surface area contributed by atoms with Crippen LogP contribution in [0.1, 0.15) is 0 Å². The Bertz CT molecular complexity index is 709. The fourth-order valence-corrected chi connectivity index (χ4v) is 1.84. The van der Waals surface area contributed by atoms with E-state index in [0.29, 0.717) is 12.1 Å². The summed E-state index contributed by atoms with van der Waals surface area (Å²) < 4.78 is 29.7. The molecule has 0 fully saturated rings. The van der Waals surface area contributed by atoms with E-state index in [1.807, 2.05) is 0 Å². The third-order valence-electron chi connectivity index (χ3n) is 2.35. The quantitative estimate of drug-likeness (QED) is 0.406. The first-order valence-corrected chi connectivity index (χ1v) is 6.94. The fourth-order valence-electron chi connectivity index (χ4n) is 1.48. The van der Waals surface area contributed by atoms with Gasteiger partial charge in [-0.05, 0) is 0 Å². The molecule has 0 radical (unpaired) electrons. The maximum Gasteiger partial charge on any atom is 0.306 e. The Labute approximate surface area is 121 Å². The highest BCUT2D eigenvalue weighted by Gasteiger charge is 2.30. The Kier molecular flexibility index (Phi) is 4.90. The fraction of sp³-hybridized carbons (Fsp3) is 0.250. The number of nitrogens with one attached hydrogen (secondary N) is 1. The molecule has 0 aliphatic heterocycles. The Balaban J connectivity index is 3.35. The summed E-state index contributed by atoms with van der Waals surface area (Å²) in [4.78, 5) is 29.2. The average molecular weight is 336 g/mol. The van der Waals surface area contributed by atoms with Gasteiger partial charge in [-0.25, -0.2) is 0 Å². The minimum Gasteiger partial charge on any atom is -0.373 e. The zero-order valence-electron chi connectivity index (χ0n) is 10.5. The molecular formula is C8H8N4O9S. The van der Waals surface area contributed by atoms with Crippen LogP contribution in [-0.2, 0) is 10.1 Å². The SMILES string of the molecule is O=[N+]([O-])c1cc([N+](=O)[O-])c(NCCS(=O)(=O)O)c([N+](=O)[O-])c1. The molecule has 14 heteroatoms. The molecule has 0 atom stereocenters. The van der Waals surface area contributed by atoms with Crippen molar-refractivity contribution in [3.63, 3.8) is 0 Å². The second-order valence-electron chi connectivity index (χ2n) is 3.84. The van der Waals surface area contributed by atoms with Crippen molar-refractivity contribution in [3.8, 4) is 0 Å². The highest BCUT2D eigenvalue weighted by atomic mass is 32.2. The molecule has 0 aliphatic rings. The Morgan fingerprint density at radius 1 is 1.00 bits per heavy atom. The lowest BCUT2D eigenvalue weighted by Crippen LogP contribution is -2.16. The zero-order valence-corrected chi connectivity index (χ0v) is 11.3. The Morgan fingerprint density at radius 2 is 1.45 bits per heavy atom. The number of non-ortho nitro benzene ring substituents is 1. The van der Waals surface area contributed by atoms with E-state index in [0.717, 1.165) is 0 Å². The molecule has 0 amide bonds. The highest BCUT2D eigenvalue weighted by molar-refractivity contribution is 7.85. The van der Waals surface area contributed by atoms with Gasteiger partial charge in [0.15, 0.2) is 5.69 Å². The monoisotopic (exact) mass is 336 g/mol. The predicted octanol–water partition coefficient (Wildman–Crippen LogP) is 0.711. The maximum absolute atomic E-state index is 10.9. The van der Waals surface area contributed by atoms with Gasteiger partial charge in [0.25, 0.3) is 15.8 Å². The summed E-state index contributed by atoms with van der Waals surface area (Å²) in [5.74, 6) is -0.863. The molecule has 1 rings (SSSR count). The Hall–Kier alpha value is -2.87. The van der Waals surface area contributed by atoms with Gasteiger partial charge in [-0.2, -0.15) is 8.42 Å².